The molecule has 80 valence electrons. The standard InChI is InChI=1S/C11H11FO3/c12-10(11(13)14)7-1-3-8(4-2-7)15-9-5-6-9/h1-4,9-10H,5-6H2,(H,13,14). The van der Waals surface area contributed by atoms with Gasteiger partial charge in [-0.15, -0.1) is 0 Å². The molecule has 0 spiro atoms. The normalized spacial score (nSPS) is 17.1. The Morgan fingerprint density at radius 2 is 2.00 bits per heavy atom. The number of hydrogen-bond donors (Lipinski definition) is 1. The predicted molar refractivity (Wildman–Crippen MR) is 51.6 cm³/mol. The van der Waals surface area contributed by atoms with Crippen molar-refractivity contribution in [3.8, 4) is 5.75 Å². The number of ether oxygens (including phenoxy) is 1. The van der Waals surface area contributed by atoms with Crippen molar-refractivity contribution in [2.45, 2.75) is 25.1 Å². The maximum Gasteiger partial charge on any atom is 0.343 e. The number of hydrogen-bond acceptors (Lipinski definition) is 2. The average molecular weight is 210 g/mol. The molecule has 1 aromatic carbocycles. The molecule has 15 heavy (non-hydrogen) atoms. The molecule has 1 aromatic rings. The quantitative estimate of drug-likeness (QED) is 0.829. The van der Waals surface area contributed by atoms with E-state index < -0.39 is 12.1 Å². The summed E-state index contributed by atoms with van der Waals surface area (Å²) in [5.74, 6) is -0.801. The van der Waals surface area contributed by atoms with E-state index in [0.717, 1.165) is 12.8 Å². The fourth-order valence-electron chi connectivity index (χ4n) is 1.24. The summed E-state index contributed by atoms with van der Waals surface area (Å²) in [4.78, 5) is 10.4. The minimum absolute atomic E-state index is 0.144. The lowest BCUT2D eigenvalue weighted by molar-refractivity contribution is -0.143. The molecule has 1 aliphatic carbocycles. The van der Waals surface area contributed by atoms with E-state index in [4.69, 9.17) is 9.84 Å². The highest BCUT2D eigenvalue weighted by atomic mass is 19.1. The highest BCUT2D eigenvalue weighted by Gasteiger charge is 2.24. The molecule has 0 amide bonds. The van der Waals surface area contributed by atoms with Gasteiger partial charge in [-0.1, -0.05) is 12.1 Å². The Bertz CT molecular complexity index is 357. The Balaban J connectivity index is 2.05. The Kier molecular flexibility index (Phi) is 2.58. The van der Waals surface area contributed by atoms with Gasteiger partial charge in [-0.25, -0.2) is 9.18 Å². The van der Waals surface area contributed by atoms with E-state index in [1.54, 1.807) is 12.1 Å². The van der Waals surface area contributed by atoms with E-state index >= 15 is 0 Å². The van der Waals surface area contributed by atoms with E-state index in [1.165, 1.54) is 12.1 Å². The minimum Gasteiger partial charge on any atom is -0.490 e. The van der Waals surface area contributed by atoms with Crippen molar-refractivity contribution in [3.63, 3.8) is 0 Å². The van der Waals surface area contributed by atoms with Crippen LogP contribution in [0.15, 0.2) is 24.3 Å². The molecule has 0 aromatic heterocycles. The number of carboxylic acid groups (broad SMARTS) is 1. The molecule has 1 fully saturated rings. The SMILES string of the molecule is O=C(O)C(F)c1ccc(OC2CC2)cc1. The van der Waals surface area contributed by atoms with Gasteiger partial charge in [-0.3, -0.25) is 0 Å². The number of rotatable bonds is 4. The van der Waals surface area contributed by atoms with E-state index in [1.807, 2.05) is 0 Å². The molecular formula is C11H11FO3. The van der Waals surface area contributed by atoms with Gasteiger partial charge in [0, 0.05) is 0 Å². The molecule has 4 heteroatoms. The smallest absolute Gasteiger partial charge is 0.343 e. The molecule has 0 aliphatic heterocycles. The number of benzene rings is 1. The van der Waals surface area contributed by atoms with Crippen molar-refractivity contribution in [2.24, 2.45) is 0 Å². The van der Waals surface area contributed by atoms with Crippen LogP contribution < -0.4 is 4.74 Å². The van der Waals surface area contributed by atoms with E-state index in [-0.39, 0.29) is 11.7 Å². The third kappa shape index (κ3) is 2.46. The summed E-state index contributed by atoms with van der Waals surface area (Å²) in [6.45, 7) is 0. The zero-order chi connectivity index (χ0) is 10.8. The summed E-state index contributed by atoms with van der Waals surface area (Å²) in [6, 6.07) is 6.08. The van der Waals surface area contributed by atoms with Crippen LogP contribution in [0.3, 0.4) is 0 Å². The van der Waals surface area contributed by atoms with Crippen molar-refractivity contribution < 1.29 is 19.0 Å². The highest BCUT2D eigenvalue weighted by Crippen LogP contribution is 2.28. The molecule has 0 saturated heterocycles. The predicted octanol–water partition coefficient (Wildman–Crippen LogP) is 2.32. The summed E-state index contributed by atoms with van der Waals surface area (Å²) >= 11 is 0. The van der Waals surface area contributed by atoms with Gasteiger partial charge >= 0.3 is 5.97 Å². The zero-order valence-electron chi connectivity index (χ0n) is 8.02. The van der Waals surface area contributed by atoms with Crippen molar-refractivity contribution in [3.05, 3.63) is 29.8 Å². The van der Waals surface area contributed by atoms with Crippen molar-refractivity contribution in [1.82, 2.24) is 0 Å². The Morgan fingerprint density at radius 3 is 2.47 bits per heavy atom. The zero-order valence-corrected chi connectivity index (χ0v) is 8.02. The van der Waals surface area contributed by atoms with Crippen LogP contribution in [-0.2, 0) is 4.79 Å². The average Bonchev–Trinajstić information content (AvgIpc) is 3.02. The topological polar surface area (TPSA) is 46.5 Å². The third-order valence-corrected chi connectivity index (χ3v) is 2.22. The van der Waals surface area contributed by atoms with Crippen LogP contribution >= 0.6 is 0 Å². The Labute approximate surface area is 86.5 Å². The van der Waals surface area contributed by atoms with Crippen LogP contribution in [0, 0.1) is 0 Å². The molecule has 2 rings (SSSR count). The summed E-state index contributed by atoms with van der Waals surface area (Å²) < 4.78 is 18.5. The van der Waals surface area contributed by atoms with Gasteiger partial charge in [0.05, 0.1) is 6.10 Å². The fourth-order valence-corrected chi connectivity index (χ4v) is 1.24. The second-order valence-electron chi connectivity index (χ2n) is 3.59. The maximum atomic E-state index is 13.0. The monoisotopic (exact) mass is 210 g/mol. The largest absolute Gasteiger partial charge is 0.490 e. The Hall–Kier alpha value is -1.58. The molecular weight excluding hydrogens is 199 g/mol. The van der Waals surface area contributed by atoms with E-state index in [2.05, 4.69) is 0 Å². The van der Waals surface area contributed by atoms with Gasteiger partial charge in [0.1, 0.15) is 5.75 Å². The first-order chi connectivity index (χ1) is 7.16. The molecule has 1 saturated carbocycles. The second-order valence-corrected chi connectivity index (χ2v) is 3.59. The van der Waals surface area contributed by atoms with Crippen molar-refractivity contribution >= 4 is 5.97 Å². The number of halogens is 1. The number of carboxylic acids is 1. The molecule has 0 bridgehead atoms. The van der Waals surface area contributed by atoms with Crippen LogP contribution in [0.1, 0.15) is 24.6 Å². The lowest BCUT2D eigenvalue weighted by Crippen LogP contribution is -2.05. The summed E-state index contributed by atoms with van der Waals surface area (Å²) in [5.41, 5.74) is 0.144. The summed E-state index contributed by atoms with van der Waals surface area (Å²) in [5, 5.41) is 8.45. The summed E-state index contributed by atoms with van der Waals surface area (Å²) in [6.07, 6.45) is 0.446. The number of carbonyl (C=O) groups is 1. The molecule has 1 atom stereocenters. The molecule has 3 nitrogen and oxygen atoms in total. The maximum absolute atomic E-state index is 13.0. The van der Waals surface area contributed by atoms with Crippen LogP contribution in [0.5, 0.6) is 5.75 Å². The lowest BCUT2D eigenvalue weighted by atomic mass is 10.1. The van der Waals surface area contributed by atoms with Gasteiger partial charge in [0.15, 0.2) is 0 Å². The van der Waals surface area contributed by atoms with Gasteiger partial charge in [0.25, 0.3) is 0 Å². The molecule has 0 radical (unpaired) electrons. The van der Waals surface area contributed by atoms with Crippen LogP contribution in [0.25, 0.3) is 0 Å². The van der Waals surface area contributed by atoms with E-state index in [9.17, 15) is 9.18 Å². The first kappa shape index (κ1) is 9.96. The first-order valence-electron chi connectivity index (χ1n) is 4.80. The molecule has 1 aliphatic rings. The van der Waals surface area contributed by atoms with Crippen LogP contribution in [0.4, 0.5) is 4.39 Å². The van der Waals surface area contributed by atoms with Crippen molar-refractivity contribution in [1.29, 1.82) is 0 Å². The number of aliphatic carboxylic acids is 1. The van der Waals surface area contributed by atoms with Gasteiger partial charge in [0.2, 0.25) is 6.17 Å². The van der Waals surface area contributed by atoms with Crippen LogP contribution in [0.2, 0.25) is 0 Å². The molecule has 1 unspecified atom stereocenters. The van der Waals surface area contributed by atoms with Crippen molar-refractivity contribution in [2.75, 3.05) is 0 Å². The molecule has 1 N–H and O–H groups in total. The number of alkyl halides is 1. The lowest BCUT2D eigenvalue weighted by Gasteiger charge is -2.06. The van der Waals surface area contributed by atoms with E-state index in [0.29, 0.717) is 5.75 Å². The van der Waals surface area contributed by atoms with Gasteiger partial charge in [-0.2, -0.15) is 0 Å². The molecule has 0 heterocycles. The Morgan fingerprint density at radius 1 is 1.40 bits per heavy atom. The van der Waals surface area contributed by atoms with Gasteiger partial charge < -0.3 is 9.84 Å². The second kappa shape index (κ2) is 3.88. The summed E-state index contributed by atoms with van der Waals surface area (Å²) in [7, 11) is 0. The van der Waals surface area contributed by atoms with Gasteiger partial charge in [-0.05, 0) is 30.5 Å². The third-order valence-electron chi connectivity index (χ3n) is 2.22. The fraction of sp³-hybridized carbons (Fsp3) is 0.364. The first-order valence-corrected chi connectivity index (χ1v) is 4.80. The van der Waals surface area contributed by atoms with Crippen LogP contribution in [-0.4, -0.2) is 17.2 Å². The highest BCUT2D eigenvalue weighted by molar-refractivity contribution is 5.74. The minimum atomic E-state index is -1.96.